The molecule has 5 aromatic rings. The van der Waals surface area contributed by atoms with Crippen molar-refractivity contribution in [1.82, 2.24) is 29.5 Å². The van der Waals surface area contributed by atoms with Crippen LogP contribution in [0.15, 0.2) is 55.2 Å². The maximum absolute atomic E-state index is 6.18. The molecule has 0 radical (unpaired) electrons. The van der Waals surface area contributed by atoms with Crippen LogP contribution in [0.1, 0.15) is 18.4 Å². The second-order valence-electron chi connectivity index (χ2n) is 10.0. The summed E-state index contributed by atoms with van der Waals surface area (Å²) in [5.41, 5.74) is 5.24. The monoisotopic (exact) mass is 508 g/mol. The summed E-state index contributed by atoms with van der Waals surface area (Å²) in [6, 6.07) is 12.2. The molecule has 7 rings (SSSR count). The Labute approximate surface area is 219 Å². The van der Waals surface area contributed by atoms with Gasteiger partial charge in [-0.15, -0.1) is 0 Å². The Balaban J connectivity index is 1.14. The van der Waals surface area contributed by atoms with Gasteiger partial charge in [0.2, 0.25) is 5.95 Å². The van der Waals surface area contributed by atoms with Gasteiger partial charge >= 0.3 is 0 Å². The number of rotatable bonds is 5. The highest BCUT2D eigenvalue weighted by Gasteiger charge is 2.37. The van der Waals surface area contributed by atoms with Gasteiger partial charge in [-0.1, -0.05) is 0 Å². The summed E-state index contributed by atoms with van der Waals surface area (Å²) >= 11 is 0. The molecule has 5 heterocycles. The lowest BCUT2D eigenvalue weighted by atomic mass is 9.92. The summed E-state index contributed by atoms with van der Waals surface area (Å²) in [6.45, 7) is 4.50. The first kappa shape index (κ1) is 22.9. The second kappa shape index (κ2) is 9.21. The van der Waals surface area contributed by atoms with Gasteiger partial charge in [-0.3, -0.25) is 0 Å². The van der Waals surface area contributed by atoms with E-state index in [2.05, 4.69) is 30.2 Å². The number of ether oxygens (including phenoxy) is 2. The minimum absolute atomic E-state index is 0.329. The van der Waals surface area contributed by atoms with Gasteiger partial charge in [0.1, 0.15) is 28.9 Å². The van der Waals surface area contributed by atoms with Crippen molar-refractivity contribution in [3.63, 3.8) is 0 Å². The molecule has 0 saturated carbocycles. The van der Waals surface area contributed by atoms with Crippen molar-refractivity contribution < 1.29 is 9.47 Å². The fraction of sp³-hybridized carbons (Fsp3) is 0.321. The normalized spacial score (nSPS) is 19.2. The highest BCUT2D eigenvalue weighted by Crippen LogP contribution is 2.33. The van der Waals surface area contributed by atoms with Crippen LogP contribution < -0.4 is 15.0 Å². The van der Waals surface area contributed by atoms with Crippen molar-refractivity contribution >= 4 is 39.5 Å². The number of nitrogens with one attached hydrogen (secondary N) is 1. The molecule has 2 aliphatic heterocycles. The molecule has 0 bridgehead atoms. The average Bonchev–Trinajstić information content (AvgIpc) is 3.57. The van der Waals surface area contributed by atoms with E-state index in [0.29, 0.717) is 34.8 Å². The Morgan fingerprint density at radius 1 is 1.03 bits per heavy atom. The Kier molecular flexibility index (Phi) is 5.54. The molecule has 1 N–H and O–H groups in total. The van der Waals surface area contributed by atoms with Gasteiger partial charge in [-0.05, 0) is 55.7 Å². The quantitative estimate of drug-likeness (QED) is 0.360. The number of aromatic nitrogens is 6. The summed E-state index contributed by atoms with van der Waals surface area (Å²) in [4.78, 5) is 25.2. The van der Waals surface area contributed by atoms with E-state index in [1.807, 2.05) is 54.9 Å². The van der Waals surface area contributed by atoms with Crippen LogP contribution in [0.4, 0.5) is 17.5 Å². The molecule has 3 aromatic heterocycles. The summed E-state index contributed by atoms with van der Waals surface area (Å²) < 4.78 is 13.9. The first-order valence-corrected chi connectivity index (χ1v) is 12.9. The molecule has 0 spiro atoms. The lowest BCUT2D eigenvalue weighted by Crippen LogP contribution is -2.45. The third kappa shape index (κ3) is 4.06. The van der Waals surface area contributed by atoms with Crippen LogP contribution in [0.5, 0.6) is 11.5 Å². The van der Waals surface area contributed by atoms with Crippen LogP contribution in [-0.4, -0.2) is 55.3 Å². The van der Waals surface area contributed by atoms with E-state index in [4.69, 9.17) is 14.5 Å². The fourth-order valence-electron chi connectivity index (χ4n) is 5.50. The van der Waals surface area contributed by atoms with Crippen LogP contribution in [0.25, 0.3) is 22.1 Å². The van der Waals surface area contributed by atoms with Crippen molar-refractivity contribution in [2.75, 3.05) is 30.0 Å². The van der Waals surface area contributed by atoms with E-state index < -0.39 is 0 Å². The number of hydrogen-bond acceptors (Lipinski definition) is 9. The van der Waals surface area contributed by atoms with Crippen molar-refractivity contribution in [3.05, 3.63) is 60.8 Å². The van der Waals surface area contributed by atoms with E-state index in [1.165, 1.54) is 12.7 Å². The molecule has 2 aromatic carbocycles. The lowest BCUT2D eigenvalue weighted by Gasteiger charge is -2.36. The minimum atomic E-state index is 0.329. The molecule has 38 heavy (non-hydrogen) atoms. The third-order valence-corrected chi connectivity index (χ3v) is 7.52. The van der Waals surface area contributed by atoms with Gasteiger partial charge in [0.25, 0.3) is 0 Å². The molecule has 192 valence electrons. The van der Waals surface area contributed by atoms with Crippen LogP contribution >= 0.6 is 0 Å². The van der Waals surface area contributed by atoms with Crippen molar-refractivity contribution in [2.45, 2.75) is 25.8 Å². The molecule has 2 aliphatic rings. The third-order valence-electron chi connectivity index (χ3n) is 7.52. The summed E-state index contributed by atoms with van der Waals surface area (Å²) in [6.07, 6.45) is 7.43. The minimum Gasteiger partial charge on any atom is -0.457 e. The molecule has 0 amide bonds. The van der Waals surface area contributed by atoms with E-state index in [9.17, 15) is 0 Å². The largest absolute Gasteiger partial charge is 0.457 e. The van der Waals surface area contributed by atoms with Crippen LogP contribution in [-0.2, 0) is 11.8 Å². The van der Waals surface area contributed by atoms with Gasteiger partial charge < -0.3 is 24.3 Å². The van der Waals surface area contributed by atoms with Crippen molar-refractivity contribution in [1.29, 1.82) is 0 Å². The maximum Gasteiger partial charge on any atom is 0.226 e. The van der Waals surface area contributed by atoms with Gasteiger partial charge in [0, 0.05) is 31.3 Å². The number of imidazole rings is 1. The number of piperidine rings is 1. The van der Waals surface area contributed by atoms with Gasteiger partial charge in [0.05, 0.1) is 42.8 Å². The molecule has 2 saturated heterocycles. The highest BCUT2D eigenvalue weighted by atomic mass is 16.5. The molecular weight excluding hydrogens is 480 g/mol. The van der Waals surface area contributed by atoms with Gasteiger partial charge in [-0.25, -0.2) is 24.9 Å². The first-order valence-electron chi connectivity index (χ1n) is 12.9. The number of hydrogen-bond donors (Lipinski definition) is 1. The van der Waals surface area contributed by atoms with Gasteiger partial charge in [0.15, 0.2) is 5.82 Å². The summed E-state index contributed by atoms with van der Waals surface area (Å²) in [5, 5.41) is 3.43. The zero-order valence-corrected chi connectivity index (χ0v) is 21.3. The van der Waals surface area contributed by atoms with E-state index in [1.54, 1.807) is 12.5 Å². The molecule has 10 heteroatoms. The van der Waals surface area contributed by atoms with Crippen LogP contribution in [0.3, 0.4) is 0 Å². The predicted octanol–water partition coefficient (Wildman–Crippen LogP) is 4.77. The SMILES string of the molecule is Cc1cc(Nc2ncnc3cnc(N4CCC[C@@H]5COC[C@@H]54)nc23)ccc1Oc1ccc2c(c1)ncn2C. The maximum atomic E-state index is 6.18. The molecule has 10 nitrogen and oxygen atoms in total. The standard InChI is InChI=1S/C28H28N8O2/c1-17-10-19(5-8-25(17)38-20-6-7-23-21(11-20)32-16-35(23)2)33-27-26-22(30-15-31-27)12-29-28(34-26)36-9-3-4-18-13-37-14-24(18)36/h5-8,10-12,15-16,18,24H,3-4,9,13-14H2,1-2H3,(H,30,31,33)/t18-,24+/m1/s1. The Hall–Kier alpha value is -4.31. The average molecular weight is 509 g/mol. The highest BCUT2D eigenvalue weighted by molar-refractivity contribution is 5.87. The number of fused-ring (bicyclic) bond motifs is 3. The Morgan fingerprint density at radius 2 is 1.97 bits per heavy atom. The smallest absolute Gasteiger partial charge is 0.226 e. The molecule has 0 unspecified atom stereocenters. The predicted molar refractivity (Wildman–Crippen MR) is 145 cm³/mol. The van der Waals surface area contributed by atoms with Crippen molar-refractivity contribution in [3.8, 4) is 11.5 Å². The van der Waals surface area contributed by atoms with Crippen molar-refractivity contribution in [2.24, 2.45) is 13.0 Å². The lowest BCUT2D eigenvalue weighted by molar-refractivity contribution is 0.184. The zero-order chi connectivity index (χ0) is 25.6. The number of anilines is 3. The number of aryl methyl sites for hydroxylation is 2. The fourth-order valence-corrected chi connectivity index (χ4v) is 5.50. The second-order valence-corrected chi connectivity index (χ2v) is 10.0. The van der Waals surface area contributed by atoms with E-state index >= 15 is 0 Å². The Morgan fingerprint density at radius 3 is 2.89 bits per heavy atom. The van der Waals surface area contributed by atoms with Crippen LogP contribution in [0.2, 0.25) is 0 Å². The molecular formula is C28H28N8O2. The molecule has 2 atom stereocenters. The van der Waals surface area contributed by atoms with Gasteiger partial charge in [-0.2, -0.15) is 0 Å². The van der Waals surface area contributed by atoms with E-state index in [-0.39, 0.29) is 0 Å². The summed E-state index contributed by atoms with van der Waals surface area (Å²) in [5.74, 6) is 3.42. The van der Waals surface area contributed by atoms with Crippen LogP contribution in [0, 0.1) is 12.8 Å². The number of nitrogens with zero attached hydrogens (tertiary/aromatic N) is 7. The molecule has 2 fully saturated rings. The first-order chi connectivity index (χ1) is 18.6. The topological polar surface area (TPSA) is 103 Å². The zero-order valence-electron chi connectivity index (χ0n) is 21.3. The van der Waals surface area contributed by atoms with E-state index in [0.717, 1.165) is 60.0 Å². The molecule has 0 aliphatic carbocycles. The number of benzene rings is 2. The Bertz CT molecular complexity index is 1650. The summed E-state index contributed by atoms with van der Waals surface area (Å²) in [7, 11) is 1.98.